The van der Waals surface area contributed by atoms with Gasteiger partial charge in [0.05, 0.1) is 34.1 Å². The number of aryl methyl sites for hydroxylation is 2. The summed E-state index contributed by atoms with van der Waals surface area (Å²) in [6, 6.07) is 9.64. The molecule has 2 aromatic rings. The number of benzene rings is 2. The largest absolute Gasteiger partial charge is 0.495 e. The minimum atomic E-state index is -0.0606. The van der Waals surface area contributed by atoms with Crippen molar-refractivity contribution in [2.24, 2.45) is 0 Å². The summed E-state index contributed by atoms with van der Waals surface area (Å²) in [6.45, 7) is 5.05. The van der Waals surface area contributed by atoms with Crippen LogP contribution in [0.1, 0.15) is 16.7 Å². The van der Waals surface area contributed by atoms with Gasteiger partial charge >= 0.3 is 0 Å². The van der Waals surface area contributed by atoms with E-state index in [0.717, 1.165) is 21.6 Å². The van der Waals surface area contributed by atoms with Gasteiger partial charge in [-0.15, -0.1) is 0 Å². The lowest BCUT2D eigenvalue weighted by Gasteiger charge is -2.18. The van der Waals surface area contributed by atoms with Crippen LogP contribution in [0.3, 0.4) is 0 Å². The molecular formula is C21H29N2O4+. The summed E-state index contributed by atoms with van der Waals surface area (Å²) in [6.07, 6.45) is 0. The summed E-state index contributed by atoms with van der Waals surface area (Å²) in [5.41, 5.74) is 3.98. The van der Waals surface area contributed by atoms with Crippen molar-refractivity contribution < 1.29 is 23.9 Å². The fraction of sp³-hybridized carbons (Fsp3) is 0.381. The van der Waals surface area contributed by atoms with Crippen LogP contribution in [0.5, 0.6) is 17.2 Å². The van der Waals surface area contributed by atoms with Crippen LogP contribution in [-0.2, 0) is 11.3 Å². The third-order valence-corrected chi connectivity index (χ3v) is 4.43. The Morgan fingerprint density at radius 3 is 2.22 bits per heavy atom. The number of amides is 1. The smallest absolute Gasteiger partial charge is 0.279 e. The first-order valence-electron chi connectivity index (χ1n) is 8.85. The van der Waals surface area contributed by atoms with E-state index in [2.05, 4.69) is 5.32 Å². The van der Waals surface area contributed by atoms with Crippen molar-refractivity contribution in [3.63, 3.8) is 0 Å². The van der Waals surface area contributed by atoms with E-state index in [1.807, 2.05) is 51.2 Å². The maximum atomic E-state index is 12.5. The molecule has 146 valence electrons. The van der Waals surface area contributed by atoms with Crippen molar-refractivity contribution in [1.29, 1.82) is 0 Å². The Morgan fingerprint density at radius 2 is 1.59 bits per heavy atom. The summed E-state index contributed by atoms with van der Waals surface area (Å²) in [4.78, 5) is 13.5. The number of rotatable bonds is 8. The summed E-state index contributed by atoms with van der Waals surface area (Å²) in [5.74, 6) is 2.00. The van der Waals surface area contributed by atoms with E-state index in [4.69, 9.17) is 14.2 Å². The Morgan fingerprint density at radius 1 is 0.963 bits per heavy atom. The van der Waals surface area contributed by atoms with E-state index in [0.29, 0.717) is 36.0 Å². The van der Waals surface area contributed by atoms with Crippen molar-refractivity contribution in [1.82, 2.24) is 0 Å². The van der Waals surface area contributed by atoms with E-state index < -0.39 is 0 Å². The first-order chi connectivity index (χ1) is 12.9. The van der Waals surface area contributed by atoms with Crippen LogP contribution in [0, 0.1) is 13.8 Å². The number of carbonyl (C=O) groups excluding carboxylic acids is 1. The van der Waals surface area contributed by atoms with Crippen molar-refractivity contribution in [3.05, 3.63) is 47.0 Å². The maximum absolute atomic E-state index is 12.5. The summed E-state index contributed by atoms with van der Waals surface area (Å²) < 4.78 is 16.0. The molecule has 0 spiro atoms. The molecule has 2 rings (SSSR count). The molecule has 2 N–H and O–H groups in total. The van der Waals surface area contributed by atoms with Crippen molar-refractivity contribution in [2.45, 2.75) is 20.4 Å². The zero-order valence-electron chi connectivity index (χ0n) is 16.9. The fourth-order valence-corrected chi connectivity index (χ4v) is 2.99. The molecular weight excluding hydrogens is 344 g/mol. The SMILES string of the molecule is COc1ccc(C)cc1NC(=O)C[NH+](C)Cc1cc(OC)c(OC)cc1C. The molecule has 0 aliphatic heterocycles. The average Bonchev–Trinajstić information content (AvgIpc) is 2.63. The van der Waals surface area contributed by atoms with Crippen LogP contribution >= 0.6 is 0 Å². The van der Waals surface area contributed by atoms with E-state index in [9.17, 15) is 4.79 Å². The molecule has 0 aliphatic carbocycles. The van der Waals surface area contributed by atoms with E-state index in [1.54, 1.807) is 21.3 Å². The molecule has 6 heteroatoms. The van der Waals surface area contributed by atoms with Gasteiger partial charge in [0, 0.05) is 5.56 Å². The monoisotopic (exact) mass is 373 g/mol. The van der Waals surface area contributed by atoms with Gasteiger partial charge in [0.1, 0.15) is 12.3 Å². The predicted octanol–water partition coefficient (Wildman–Crippen LogP) is 1.98. The third-order valence-electron chi connectivity index (χ3n) is 4.43. The number of quaternary nitrogens is 1. The summed E-state index contributed by atoms with van der Waals surface area (Å²) in [5, 5.41) is 2.94. The number of ether oxygens (including phenoxy) is 3. The molecule has 27 heavy (non-hydrogen) atoms. The molecule has 1 atom stereocenters. The molecule has 0 saturated carbocycles. The maximum Gasteiger partial charge on any atom is 0.279 e. The van der Waals surface area contributed by atoms with Crippen LogP contribution < -0.4 is 24.4 Å². The average molecular weight is 373 g/mol. The molecule has 1 unspecified atom stereocenters. The van der Waals surface area contributed by atoms with Crippen molar-refractivity contribution in [3.8, 4) is 17.2 Å². The summed E-state index contributed by atoms with van der Waals surface area (Å²) in [7, 11) is 6.83. The van der Waals surface area contributed by atoms with E-state index in [-0.39, 0.29) is 5.91 Å². The highest BCUT2D eigenvalue weighted by atomic mass is 16.5. The molecule has 2 aromatic carbocycles. The van der Waals surface area contributed by atoms with Gasteiger partial charge in [-0.2, -0.15) is 0 Å². The number of anilines is 1. The zero-order valence-corrected chi connectivity index (χ0v) is 16.9. The van der Waals surface area contributed by atoms with E-state index in [1.165, 1.54) is 0 Å². The predicted molar refractivity (Wildman–Crippen MR) is 106 cm³/mol. The molecule has 0 aliphatic rings. The van der Waals surface area contributed by atoms with Gasteiger partial charge in [-0.3, -0.25) is 4.79 Å². The number of likely N-dealkylation sites (N-methyl/N-ethyl adjacent to an activating group) is 1. The van der Waals surface area contributed by atoms with Gasteiger partial charge < -0.3 is 24.4 Å². The lowest BCUT2D eigenvalue weighted by Crippen LogP contribution is -3.08. The molecule has 6 nitrogen and oxygen atoms in total. The van der Waals surface area contributed by atoms with Gasteiger partial charge in [-0.1, -0.05) is 6.07 Å². The Kier molecular flexibility index (Phi) is 7.07. The van der Waals surface area contributed by atoms with Gasteiger partial charge in [0.15, 0.2) is 18.0 Å². The topological polar surface area (TPSA) is 61.2 Å². The molecule has 0 radical (unpaired) electrons. The van der Waals surface area contributed by atoms with Crippen molar-refractivity contribution in [2.75, 3.05) is 40.2 Å². The quantitative estimate of drug-likeness (QED) is 0.743. The zero-order chi connectivity index (χ0) is 20.0. The molecule has 0 heterocycles. The number of carbonyl (C=O) groups is 1. The van der Waals surface area contributed by atoms with Gasteiger partial charge in [0.25, 0.3) is 5.91 Å². The highest BCUT2D eigenvalue weighted by Crippen LogP contribution is 2.30. The second-order valence-corrected chi connectivity index (χ2v) is 6.70. The Labute approximate surface area is 161 Å². The lowest BCUT2D eigenvalue weighted by molar-refractivity contribution is -0.885. The molecule has 0 saturated heterocycles. The molecule has 1 amide bonds. The molecule has 0 aromatic heterocycles. The van der Waals surface area contributed by atoms with Gasteiger partial charge in [-0.25, -0.2) is 0 Å². The number of nitrogens with one attached hydrogen (secondary N) is 2. The first kappa shape index (κ1) is 20.6. The highest BCUT2D eigenvalue weighted by Gasteiger charge is 2.16. The second kappa shape index (κ2) is 9.28. The normalized spacial score (nSPS) is 11.6. The Bertz CT molecular complexity index is 805. The molecule has 0 fully saturated rings. The standard InChI is InChI=1S/C21H28N2O4/c1-14-7-8-18(25-4)17(9-14)22-21(24)13-23(3)12-16-11-20(27-6)19(26-5)10-15(16)2/h7-11H,12-13H2,1-6H3,(H,22,24)/p+1. The molecule has 0 bridgehead atoms. The third kappa shape index (κ3) is 5.37. The first-order valence-corrected chi connectivity index (χ1v) is 8.85. The van der Waals surface area contributed by atoms with Crippen LogP contribution in [-0.4, -0.2) is 40.8 Å². The number of hydrogen-bond donors (Lipinski definition) is 2. The fourth-order valence-electron chi connectivity index (χ4n) is 2.99. The van der Waals surface area contributed by atoms with Gasteiger partial charge in [0.2, 0.25) is 0 Å². The van der Waals surface area contributed by atoms with E-state index >= 15 is 0 Å². The van der Waals surface area contributed by atoms with Crippen LogP contribution in [0.2, 0.25) is 0 Å². The minimum absolute atomic E-state index is 0.0606. The van der Waals surface area contributed by atoms with Gasteiger partial charge in [-0.05, 0) is 49.2 Å². The number of methoxy groups -OCH3 is 3. The van der Waals surface area contributed by atoms with Crippen LogP contribution in [0.25, 0.3) is 0 Å². The van der Waals surface area contributed by atoms with Crippen molar-refractivity contribution >= 4 is 11.6 Å². The van der Waals surface area contributed by atoms with Crippen LogP contribution in [0.4, 0.5) is 5.69 Å². The number of hydrogen-bond acceptors (Lipinski definition) is 4. The lowest BCUT2D eigenvalue weighted by atomic mass is 10.1. The summed E-state index contributed by atoms with van der Waals surface area (Å²) >= 11 is 0. The second-order valence-electron chi connectivity index (χ2n) is 6.70. The minimum Gasteiger partial charge on any atom is -0.495 e. The highest BCUT2D eigenvalue weighted by molar-refractivity contribution is 5.93. The Hall–Kier alpha value is -2.73. The Balaban J connectivity index is 2.04. The van der Waals surface area contributed by atoms with Crippen LogP contribution in [0.15, 0.2) is 30.3 Å².